The van der Waals surface area contributed by atoms with Crippen molar-refractivity contribution < 1.29 is 60.7 Å². The minimum absolute atomic E-state index is 0. The first-order valence-electron chi connectivity index (χ1n) is 6.67. The van der Waals surface area contributed by atoms with Gasteiger partial charge in [-0.3, -0.25) is 0 Å². The molecule has 0 aliphatic carbocycles. The molecule has 0 radical (unpaired) electrons. The van der Waals surface area contributed by atoms with Gasteiger partial charge in [-0.05, 0) is 0 Å². The molecule has 25 heavy (non-hydrogen) atoms. The molecule has 0 aromatic rings. The monoisotopic (exact) mass is 496 g/mol. The Bertz CT molecular complexity index is 334. The summed E-state index contributed by atoms with van der Waals surface area (Å²) >= 11 is 0. The van der Waals surface area contributed by atoms with Crippen molar-refractivity contribution in [2.75, 3.05) is 13.2 Å². The van der Waals surface area contributed by atoms with Crippen LogP contribution in [0.15, 0.2) is 0 Å². The molecule has 0 saturated heterocycles. The number of carbonyl (C=O) groups excluding carboxylic acids is 2. The molecule has 6 atom stereocenters. The molecule has 0 saturated carbocycles. The first-order chi connectivity index (χ1) is 11.0. The molecule has 0 heterocycles. The van der Waals surface area contributed by atoms with Crippen molar-refractivity contribution >= 4 is 60.8 Å². The number of hydrogen-bond acceptors (Lipinski definition) is 12. The third-order valence-corrected chi connectivity index (χ3v) is 2.70. The van der Waals surface area contributed by atoms with E-state index in [4.69, 9.17) is 40.9 Å². The van der Waals surface area contributed by atoms with Gasteiger partial charge in [0.05, 0.1) is 25.4 Å². The minimum Gasteiger partial charge on any atom is -0.550 e. The molecule has 144 valence electrons. The third kappa shape index (κ3) is 15.0. The van der Waals surface area contributed by atoms with Gasteiger partial charge in [0.2, 0.25) is 0 Å². The number of carbonyl (C=O) groups is 2. The van der Waals surface area contributed by atoms with E-state index < -0.39 is 74.6 Å². The third-order valence-electron chi connectivity index (χ3n) is 2.70. The van der Waals surface area contributed by atoms with Crippen molar-refractivity contribution in [2.24, 2.45) is 0 Å². The summed E-state index contributed by atoms with van der Waals surface area (Å²) in [6.45, 7) is -1.49. The number of aliphatic carboxylic acids is 2. The first kappa shape index (κ1) is 29.9. The molecule has 8 N–H and O–H groups in total. The van der Waals surface area contributed by atoms with E-state index in [0.29, 0.717) is 0 Å². The molecule has 0 aliphatic rings. The van der Waals surface area contributed by atoms with Crippen LogP contribution in [0.4, 0.5) is 0 Å². The Morgan fingerprint density at radius 1 is 0.640 bits per heavy atom. The number of carboxylic acid groups (broad SMARTS) is 2. The van der Waals surface area contributed by atoms with E-state index in [1.165, 1.54) is 0 Å². The van der Waals surface area contributed by atoms with Crippen LogP contribution in [0.5, 0.6) is 0 Å². The van der Waals surface area contributed by atoms with Gasteiger partial charge >= 0.3 is 48.9 Å². The topological polar surface area (TPSA) is 242 Å². The minimum atomic E-state index is -1.67. The maximum absolute atomic E-state index is 9.90. The molecule has 0 aromatic carbocycles. The average Bonchev–Trinajstić information content (AvgIpc) is 2.50. The standard InChI is InChI=1S/2C6H12O6.Ba/c2*7-2-4(9)6(12)3(8)1-5(10)11;/h2*3-4,6-9,12H,1-2H2,(H,10,11);/q;;+2/p-2/t2*3-,4-,6+;/m11./s1. The van der Waals surface area contributed by atoms with E-state index in [1.54, 1.807) is 0 Å². The molecule has 0 aliphatic heterocycles. The van der Waals surface area contributed by atoms with E-state index in [1.807, 2.05) is 0 Å². The van der Waals surface area contributed by atoms with E-state index >= 15 is 0 Å². The predicted molar refractivity (Wildman–Crippen MR) is 75.2 cm³/mol. The van der Waals surface area contributed by atoms with Crippen LogP contribution in [0.1, 0.15) is 12.8 Å². The van der Waals surface area contributed by atoms with Crippen LogP contribution in [0.25, 0.3) is 0 Å². The summed E-state index contributed by atoms with van der Waals surface area (Å²) in [5.74, 6) is -3.07. The van der Waals surface area contributed by atoms with Crippen molar-refractivity contribution in [3.63, 3.8) is 0 Å². The number of aliphatic hydroxyl groups excluding tert-OH is 8. The number of carboxylic acids is 2. The average molecular weight is 496 g/mol. The maximum atomic E-state index is 9.90. The summed E-state index contributed by atoms with van der Waals surface area (Å²) in [5, 5.41) is 89.3. The fraction of sp³-hybridized carbons (Fsp3) is 0.833. The smallest absolute Gasteiger partial charge is 0.550 e. The molecule has 0 bridgehead atoms. The van der Waals surface area contributed by atoms with Crippen molar-refractivity contribution in [1.29, 1.82) is 0 Å². The van der Waals surface area contributed by atoms with Gasteiger partial charge in [-0.1, -0.05) is 0 Å². The first-order valence-corrected chi connectivity index (χ1v) is 6.67. The van der Waals surface area contributed by atoms with E-state index in [2.05, 4.69) is 0 Å². The van der Waals surface area contributed by atoms with Gasteiger partial charge in [0.25, 0.3) is 0 Å². The van der Waals surface area contributed by atoms with E-state index in [-0.39, 0.29) is 48.9 Å². The molecule has 0 unspecified atom stereocenters. The van der Waals surface area contributed by atoms with Gasteiger partial charge < -0.3 is 60.7 Å². The Labute approximate surface area is 183 Å². The second-order valence-electron chi connectivity index (χ2n) is 4.77. The zero-order chi connectivity index (χ0) is 19.4. The van der Waals surface area contributed by atoms with Crippen LogP contribution in [0.2, 0.25) is 0 Å². The van der Waals surface area contributed by atoms with Crippen molar-refractivity contribution in [3.8, 4) is 0 Å². The molecule has 12 nitrogen and oxygen atoms in total. The van der Waals surface area contributed by atoms with Gasteiger partial charge in [0.1, 0.15) is 24.4 Å². The number of rotatable bonds is 10. The molecule has 0 aromatic heterocycles. The summed E-state index contributed by atoms with van der Waals surface area (Å²) in [4.78, 5) is 19.8. The Balaban J connectivity index is -0.000000372. The predicted octanol–water partition coefficient (Wildman–Crippen LogP) is -7.98. The summed E-state index contributed by atoms with van der Waals surface area (Å²) in [7, 11) is 0. The molecule has 0 spiro atoms. The Kier molecular flexibility index (Phi) is 19.6. The van der Waals surface area contributed by atoms with Gasteiger partial charge in [-0.25, -0.2) is 0 Å². The van der Waals surface area contributed by atoms with Gasteiger partial charge in [0.15, 0.2) is 0 Å². The molecule has 0 fully saturated rings. The Morgan fingerprint density at radius 3 is 1.04 bits per heavy atom. The Morgan fingerprint density at radius 2 is 0.880 bits per heavy atom. The van der Waals surface area contributed by atoms with Gasteiger partial charge in [-0.2, -0.15) is 0 Å². The van der Waals surface area contributed by atoms with Crippen LogP contribution in [0.3, 0.4) is 0 Å². The summed E-state index contributed by atoms with van der Waals surface area (Å²) in [5.41, 5.74) is 0. The zero-order valence-electron chi connectivity index (χ0n) is 13.2. The fourth-order valence-electron chi connectivity index (χ4n) is 1.31. The summed E-state index contributed by atoms with van der Waals surface area (Å²) < 4.78 is 0. The van der Waals surface area contributed by atoms with Crippen molar-refractivity contribution in [1.82, 2.24) is 0 Å². The van der Waals surface area contributed by atoms with Crippen LogP contribution in [-0.2, 0) is 9.59 Å². The maximum Gasteiger partial charge on any atom is 2.00 e. The molecule has 0 amide bonds. The molecular weight excluding hydrogens is 473 g/mol. The van der Waals surface area contributed by atoms with Gasteiger partial charge in [0, 0.05) is 24.8 Å². The van der Waals surface area contributed by atoms with E-state index in [9.17, 15) is 19.8 Å². The quantitative estimate of drug-likeness (QED) is 0.132. The zero-order valence-corrected chi connectivity index (χ0v) is 17.7. The van der Waals surface area contributed by atoms with Crippen molar-refractivity contribution in [2.45, 2.75) is 49.5 Å². The van der Waals surface area contributed by atoms with Gasteiger partial charge in [-0.15, -0.1) is 0 Å². The number of hydrogen-bond donors (Lipinski definition) is 8. The summed E-state index contributed by atoms with van der Waals surface area (Å²) in [6, 6.07) is 0. The second-order valence-corrected chi connectivity index (χ2v) is 4.77. The van der Waals surface area contributed by atoms with Crippen LogP contribution < -0.4 is 10.2 Å². The van der Waals surface area contributed by atoms with E-state index in [0.717, 1.165) is 0 Å². The number of aliphatic hydroxyl groups is 8. The molecule has 13 heteroatoms. The normalized spacial score (nSPS) is 17.6. The second kappa shape index (κ2) is 16.4. The molecular formula is C12H22BaO12. The Hall–Kier alpha value is 0.191. The van der Waals surface area contributed by atoms with Crippen molar-refractivity contribution in [3.05, 3.63) is 0 Å². The van der Waals surface area contributed by atoms with Crippen LogP contribution in [0, 0.1) is 0 Å². The fourth-order valence-corrected chi connectivity index (χ4v) is 1.31. The molecule has 0 rings (SSSR count). The van der Waals surface area contributed by atoms with Crippen LogP contribution >= 0.6 is 0 Å². The van der Waals surface area contributed by atoms with Crippen LogP contribution in [-0.4, -0.2) is 152 Å². The summed E-state index contributed by atoms with van der Waals surface area (Å²) in [6.07, 6.45) is -11.2. The largest absolute Gasteiger partial charge is 2.00 e. The SMILES string of the molecule is O=C([O-])C[C@@H](O)[C@H](O)[C@H](O)CO.O=C([O-])C[C@@H](O)[C@H](O)[C@H](O)CO.[Ba+2].